The van der Waals surface area contributed by atoms with Crippen molar-refractivity contribution < 1.29 is 48.9 Å². The van der Waals surface area contributed by atoms with E-state index < -0.39 is 40.8 Å². The molecule has 7 N–H and O–H groups in total. The first kappa shape index (κ1) is 39.4. The molecule has 1 fully saturated rings. The largest absolute Gasteiger partial charge is 0.504 e. The number of hydrogen-bond acceptors (Lipinski definition) is 12. The van der Waals surface area contributed by atoms with Crippen molar-refractivity contribution in [3.63, 3.8) is 0 Å². The van der Waals surface area contributed by atoms with Gasteiger partial charge in [0.1, 0.15) is 35.9 Å². The summed E-state index contributed by atoms with van der Waals surface area (Å²) >= 11 is 8.40. The monoisotopic (exact) mass is 787 g/mol. The lowest BCUT2D eigenvalue weighted by Gasteiger charge is -2.49. The van der Waals surface area contributed by atoms with Gasteiger partial charge in [0.2, 0.25) is 5.60 Å². The van der Waals surface area contributed by atoms with Crippen LogP contribution >= 0.6 is 34.7 Å². The quantitative estimate of drug-likeness (QED) is 0.0424. The highest BCUT2D eigenvalue weighted by molar-refractivity contribution is 8.00. The molecule has 18 heteroatoms. The number of nitrogens with zero attached hydrogens (tertiary/aromatic N) is 4. The Balaban J connectivity index is 1.19. The van der Waals surface area contributed by atoms with Gasteiger partial charge in [-0.15, -0.1) is 23.1 Å². The van der Waals surface area contributed by atoms with Crippen LogP contribution in [0.4, 0.5) is 5.13 Å². The average molecular weight is 788 g/mol. The van der Waals surface area contributed by atoms with Crippen LogP contribution in [0.5, 0.6) is 11.5 Å². The molecule has 282 valence electrons. The number of amides is 2. The standard InChI is InChI=1S/C35H39ClN6O9S2/c1-35(2,33(49)50)51-40-25(23-17-53-34(37)38-23)29(45)39-26-30(46)41-27(32(47)48)21(16-52-31(26)41)7-5-6-18-8-10-19(11-9-18)14-42(3,4)15-20-12-22(36)28(44)24(43)13-20/h8-13,17,26,31H,5-7,14-16H2,1-4H3,(H6-,37,38,39,40,43,44,45,47,48,49,50)/p+1/t26-,31-/m1/s1. The second-order valence-electron chi connectivity index (χ2n) is 13.9. The van der Waals surface area contributed by atoms with Crippen molar-refractivity contribution in [2.45, 2.75) is 63.2 Å². The summed E-state index contributed by atoms with van der Waals surface area (Å²) in [4.78, 5) is 61.0. The number of aliphatic carboxylic acids is 2. The van der Waals surface area contributed by atoms with Crippen LogP contribution in [0.3, 0.4) is 0 Å². The fourth-order valence-corrected chi connectivity index (χ4v) is 8.15. The van der Waals surface area contributed by atoms with Crippen LogP contribution in [0.15, 0.2) is 58.2 Å². The molecule has 2 aliphatic heterocycles. The number of fused-ring (bicyclic) bond motifs is 1. The number of halogens is 1. The number of aryl methyl sites for hydroxylation is 1. The molecular formula is C35H40ClN6O9S2+. The number of carbonyl (C=O) groups excluding carboxylic acids is 2. The predicted octanol–water partition coefficient (Wildman–Crippen LogP) is 3.91. The third kappa shape index (κ3) is 9.04. The molecule has 0 spiro atoms. The highest BCUT2D eigenvalue weighted by Crippen LogP contribution is 2.42. The molecule has 5 rings (SSSR count). The first-order chi connectivity index (χ1) is 24.9. The van der Waals surface area contributed by atoms with Gasteiger partial charge in [-0.05, 0) is 56.4 Å². The minimum atomic E-state index is -1.77. The second kappa shape index (κ2) is 15.6. The van der Waals surface area contributed by atoms with Crippen LogP contribution in [-0.4, -0.2) is 101 Å². The lowest BCUT2D eigenvalue weighted by Crippen LogP contribution is -2.71. The topological polar surface area (TPSA) is 225 Å². The Labute approximate surface area is 318 Å². The predicted molar refractivity (Wildman–Crippen MR) is 199 cm³/mol. The van der Waals surface area contributed by atoms with Gasteiger partial charge in [-0.2, -0.15) is 0 Å². The lowest BCUT2D eigenvalue weighted by molar-refractivity contribution is -0.916. The Hall–Kier alpha value is -4.84. The number of benzene rings is 2. The zero-order valence-electron chi connectivity index (χ0n) is 29.3. The Morgan fingerprint density at radius 1 is 1.09 bits per heavy atom. The minimum Gasteiger partial charge on any atom is -0.504 e. The molecular weight excluding hydrogens is 748 g/mol. The second-order valence-corrected chi connectivity index (χ2v) is 16.3. The molecule has 2 aliphatic rings. The number of nitrogen functional groups attached to an aromatic ring is 1. The Bertz CT molecular complexity index is 1970. The number of thioether (sulfide) groups is 1. The normalized spacial score (nSPS) is 17.6. The van der Waals surface area contributed by atoms with E-state index >= 15 is 0 Å². The van der Waals surface area contributed by atoms with E-state index in [1.807, 2.05) is 24.3 Å². The van der Waals surface area contributed by atoms with Crippen LogP contribution in [0.25, 0.3) is 0 Å². The van der Waals surface area contributed by atoms with Crippen molar-refractivity contribution in [3.05, 3.63) is 80.5 Å². The van der Waals surface area contributed by atoms with E-state index in [0.717, 1.165) is 28.0 Å². The van der Waals surface area contributed by atoms with Crippen LogP contribution in [0.2, 0.25) is 5.02 Å². The average Bonchev–Trinajstić information content (AvgIpc) is 3.51. The number of oxime groups is 1. The van der Waals surface area contributed by atoms with E-state index in [1.165, 1.54) is 42.0 Å². The van der Waals surface area contributed by atoms with Gasteiger partial charge in [0, 0.05) is 22.3 Å². The van der Waals surface area contributed by atoms with Crippen LogP contribution in [-0.2, 0) is 43.5 Å². The van der Waals surface area contributed by atoms with E-state index in [4.69, 9.17) is 22.2 Å². The fourth-order valence-electron chi connectivity index (χ4n) is 5.98. The maximum atomic E-state index is 13.3. The van der Waals surface area contributed by atoms with Gasteiger partial charge in [0.05, 0.1) is 19.1 Å². The Morgan fingerprint density at radius 2 is 1.75 bits per heavy atom. The number of phenols is 2. The molecule has 2 amide bonds. The SMILES string of the molecule is CC(C)(O/N=C(\C(=O)N[C@@H]1C(=O)N2C(C(=O)O)=C(CCCc3ccc(C[N+](C)(C)Cc4cc(O)c(O)c(Cl)c4)cc3)CS[C@H]12)c1csc(N)n1)C(=O)O. The maximum Gasteiger partial charge on any atom is 0.352 e. The van der Waals surface area contributed by atoms with Crippen molar-refractivity contribution in [2.75, 3.05) is 25.6 Å². The van der Waals surface area contributed by atoms with E-state index in [1.54, 1.807) is 6.07 Å². The molecule has 15 nitrogen and oxygen atoms in total. The molecule has 0 unspecified atom stereocenters. The number of rotatable bonds is 15. The number of carboxylic acid groups (broad SMARTS) is 2. The van der Waals surface area contributed by atoms with E-state index in [0.29, 0.717) is 48.2 Å². The molecule has 1 aromatic heterocycles. The summed E-state index contributed by atoms with van der Waals surface area (Å²) < 4.78 is 0.569. The molecule has 1 saturated heterocycles. The summed E-state index contributed by atoms with van der Waals surface area (Å²) in [6.07, 6.45) is 1.79. The third-order valence-corrected chi connectivity index (χ3v) is 11.0. The van der Waals surface area contributed by atoms with Crippen molar-refractivity contribution >= 4 is 69.3 Å². The zero-order valence-corrected chi connectivity index (χ0v) is 31.7. The number of nitrogens with two attached hydrogens (primary N) is 1. The zero-order chi connectivity index (χ0) is 38.8. The minimum absolute atomic E-state index is 0.0235. The summed E-state index contributed by atoms with van der Waals surface area (Å²) in [6.45, 7) is 3.77. The number of aromatic nitrogens is 1. The van der Waals surface area contributed by atoms with E-state index in [2.05, 4.69) is 29.6 Å². The van der Waals surface area contributed by atoms with Crippen molar-refractivity contribution in [2.24, 2.45) is 5.16 Å². The molecule has 0 bridgehead atoms. The lowest BCUT2D eigenvalue weighted by atomic mass is 9.98. The third-order valence-electron chi connectivity index (χ3n) is 8.69. The van der Waals surface area contributed by atoms with Gasteiger partial charge in [-0.3, -0.25) is 14.5 Å². The highest BCUT2D eigenvalue weighted by Gasteiger charge is 2.54. The van der Waals surface area contributed by atoms with Crippen molar-refractivity contribution in [1.82, 2.24) is 15.2 Å². The number of nitrogens with one attached hydrogen (secondary N) is 1. The Kier molecular flexibility index (Phi) is 11.6. The first-order valence-electron chi connectivity index (χ1n) is 16.4. The van der Waals surface area contributed by atoms with Gasteiger partial charge >= 0.3 is 11.9 Å². The van der Waals surface area contributed by atoms with Gasteiger partial charge in [-0.25, -0.2) is 14.6 Å². The number of thiazole rings is 1. The van der Waals surface area contributed by atoms with Crippen molar-refractivity contribution in [1.29, 1.82) is 0 Å². The summed E-state index contributed by atoms with van der Waals surface area (Å²) in [5, 5.41) is 46.5. The summed E-state index contributed by atoms with van der Waals surface area (Å²) in [6, 6.07) is 10.2. The maximum absolute atomic E-state index is 13.3. The highest BCUT2D eigenvalue weighted by atomic mass is 35.5. The number of anilines is 1. The van der Waals surface area contributed by atoms with Gasteiger partial charge in [-0.1, -0.05) is 41.0 Å². The van der Waals surface area contributed by atoms with E-state index in [9.17, 15) is 39.6 Å². The number of aromatic hydroxyl groups is 2. The number of carbonyl (C=O) groups is 4. The Morgan fingerprint density at radius 3 is 2.36 bits per heavy atom. The van der Waals surface area contributed by atoms with Crippen LogP contribution in [0, 0.1) is 0 Å². The molecule has 0 aliphatic carbocycles. The van der Waals surface area contributed by atoms with Crippen molar-refractivity contribution in [3.8, 4) is 11.5 Å². The molecule has 2 atom stereocenters. The van der Waals surface area contributed by atoms with E-state index in [-0.39, 0.29) is 38.8 Å². The smallest absolute Gasteiger partial charge is 0.352 e. The van der Waals surface area contributed by atoms with Crippen LogP contribution < -0.4 is 11.1 Å². The van der Waals surface area contributed by atoms with Gasteiger partial charge in [0.25, 0.3) is 11.8 Å². The number of carboxylic acids is 2. The summed E-state index contributed by atoms with van der Waals surface area (Å²) in [5.74, 6) is -4.27. The molecule has 3 aromatic rings. The number of β-lactam (4-membered cyclic amide) rings is 1. The number of quaternary nitrogens is 1. The summed E-state index contributed by atoms with van der Waals surface area (Å²) in [7, 11) is 4.10. The van der Waals surface area contributed by atoms with Crippen LogP contribution in [0.1, 0.15) is 49.1 Å². The number of hydrogen-bond donors (Lipinski definition) is 6. The number of phenolic OH excluding ortho intramolecular Hbond substituents is 2. The molecule has 3 heterocycles. The molecule has 53 heavy (non-hydrogen) atoms. The van der Waals surface area contributed by atoms with Gasteiger partial charge in [0.15, 0.2) is 22.3 Å². The van der Waals surface area contributed by atoms with Gasteiger partial charge < -0.3 is 40.8 Å². The molecule has 0 saturated carbocycles. The fraction of sp³-hybridized carbons (Fsp3) is 0.371. The molecule has 0 radical (unpaired) electrons. The summed E-state index contributed by atoms with van der Waals surface area (Å²) in [5.41, 5.74) is 7.09. The first-order valence-corrected chi connectivity index (χ1v) is 18.7. The molecule has 2 aromatic carbocycles.